The lowest BCUT2D eigenvalue weighted by Gasteiger charge is -2.06. The maximum absolute atomic E-state index is 12.5. The molecule has 31 heavy (non-hydrogen) atoms. The molecule has 1 amide bonds. The van der Waals surface area contributed by atoms with Crippen LogP contribution < -0.4 is 5.32 Å². The minimum atomic E-state index is -0.301. The highest BCUT2D eigenvalue weighted by atomic mass is 35.5. The molecule has 152 valence electrons. The van der Waals surface area contributed by atoms with Crippen LogP contribution in [-0.4, -0.2) is 10.9 Å². The van der Waals surface area contributed by atoms with E-state index in [2.05, 4.69) is 10.3 Å². The summed E-state index contributed by atoms with van der Waals surface area (Å²) in [6.45, 7) is 0. The number of amides is 1. The highest BCUT2D eigenvalue weighted by Gasteiger charge is 2.14. The first-order valence-electron chi connectivity index (χ1n) is 9.34. The minimum absolute atomic E-state index is 0.301. The highest BCUT2D eigenvalue weighted by Crippen LogP contribution is 2.34. The largest absolute Gasteiger partial charge is 0.436 e. The maximum atomic E-state index is 12.5. The molecule has 0 fully saturated rings. The summed E-state index contributed by atoms with van der Waals surface area (Å²) in [6, 6.07) is 21.6. The number of carbonyl (C=O) groups excluding carboxylic acids is 1. The monoisotopic (exact) mass is 466 g/mol. The van der Waals surface area contributed by atoms with Crippen molar-refractivity contribution < 1.29 is 9.21 Å². The Morgan fingerprint density at radius 2 is 1.61 bits per heavy atom. The van der Waals surface area contributed by atoms with Crippen LogP contribution in [0.2, 0.25) is 15.1 Å². The molecular weight excluding hydrogens is 455 g/mol. The van der Waals surface area contributed by atoms with Gasteiger partial charge in [0.1, 0.15) is 5.52 Å². The van der Waals surface area contributed by atoms with Crippen molar-refractivity contribution >= 4 is 68.3 Å². The van der Waals surface area contributed by atoms with Crippen LogP contribution >= 0.6 is 34.8 Å². The summed E-state index contributed by atoms with van der Waals surface area (Å²) in [5.41, 5.74) is 3.08. The number of rotatable bonds is 3. The Morgan fingerprint density at radius 1 is 0.806 bits per heavy atom. The number of nitrogens with zero attached hydrogens (tertiary/aromatic N) is 1. The number of benzene rings is 4. The Bertz CT molecular complexity index is 1480. The van der Waals surface area contributed by atoms with Gasteiger partial charge >= 0.3 is 0 Å². The van der Waals surface area contributed by atoms with Crippen LogP contribution in [0.3, 0.4) is 0 Å². The number of hydrogen-bond acceptors (Lipinski definition) is 3. The normalized spacial score (nSPS) is 11.2. The molecule has 0 saturated carbocycles. The van der Waals surface area contributed by atoms with Gasteiger partial charge in [0.15, 0.2) is 5.58 Å². The van der Waals surface area contributed by atoms with Gasteiger partial charge in [0, 0.05) is 27.2 Å². The molecule has 5 rings (SSSR count). The van der Waals surface area contributed by atoms with Crippen LogP contribution in [0.15, 0.2) is 77.2 Å². The van der Waals surface area contributed by atoms with E-state index in [0.29, 0.717) is 43.3 Å². The second-order valence-corrected chi connectivity index (χ2v) is 8.15. The van der Waals surface area contributed by atoms with E-state index < -0.39 is 0 Å². The number of carbonyl (C=O) groups is 1. The van der Waals surface area contributed by atoms with Gasteiger partial charge in [-0.15, -0.1) is 0 Å². The highest BCUT2D eigenvalue weighted by molar-refractivity contribution is 6.42. The van der Waals surface area contributed by atoms with Crippen molar-refractivity contribution in [2.75, 3.05) is 5.32 Å². The summed E-state index contributed by atoms with van der Waals surface area (Å²) in [4.78, 5) is 17.2. The summed E-state index contributed by atoms with van der Waals surface area (Å²) >= 11 is 18.3. The summed E-state index contributed by atoms with van der Waals surface area (Å²) in [6.07, 6.45) is 0. The molecule has 1 aromatic heterocycles. The minimum Gasteiger partial charge on any atom is -0.436 e. The van der Waals surface area contributed by atoms with Crippen LogP contribution in [0, 0.1) is 0 Å². The molecule has 7 heteroatoms. The summed E-state index contributed by atoms with van der Waals surface area (Å²) in [5.74, 6) is 0.182. The van der Waals surface area contributed by atoms with E-state index in [1.165, 1.54) is 6.07 Å². The molecule has 1 heterocycles. The number of oxazole rings is 1. The van der Waals surface area contributed by atoms with Crippen LogP contribution in [0.5, 0.6) is 0 Å². The van der Waals surface area contributed by atoms with Crippen molar-refractivity contribution in [1.29, 1.82) is 0 Å². The number of halogens is 3. The van der Waals surface area contributed by atoms with Gasteiger partial charge in [-0.1, -0.05) is 59.1 Å². The van der Waals surface area contributed by atoms with Crippen molar-refractivity contribution in [3.8, 4) is 11.5 Å². The predicted octanol–water partition coefficient (Wildman–Crippen LogP) is 7.86. The number of anilines is 1. The number of hydrogen-bond donors (Lipinski definition) is 1. The van der Waals surface area contributed by atoms with Crippen LogP contribution in [-0.2, 0) is 0 Å². The Morgan fingerprint density at radius 3 is 2.45 bits per heavy atom. The Labute approximate surface area is 192 Å². The topological polar surface area (TPSA) is 55.1 Å². The van der Waals surface area contributed by atoms with Crippen molar-refractivity contribution in [3.63, 3.8) is 0 Å². The van der Waals surface area contributed by atoms with E-state index >= 15 is 0 Å². The van der Waals surface area contributed by atoms with Gasteiger partial charge in [-0.05, 0) is 53.9 Å². The standard InChI is InChI=1S/C24H13Cl3N2O2/c25-18-6-2-3-15-16(18)4-1-5-17(15)24-29-21-12-14(8-10-22(21)31-24)28-23(30)13-7-9-19(26)20(27)11-13/h1-12H,(H,28,30). The zero-order valence-electron chi connectivity index (χ0n) is 15.8. The molecule has 1 N–H and O–H groups in total. The second kappa shape index (κ2) is 7.89. The van der Waals surface area contributed by atoms with Crippen molar-refractivity contribution in [2.45, 2.75) is 0 Å². The summed E-state index contributed by atoms with van der Waals surface area (Å²) < 4.78 is 5.98. The molecule has 0 aliphatic rings. The quantitative estimate of drug-likeness (QED) is 0.294. The van der Waals surface area contributed by atoms with E-state index in [1.807, 2.05) is 36.4 Å². The third-order valence-electron chi connectivity index (χ3n) is 4.93. The second-order valence-electron chi connectivity index (χ2n) is 6.93. The lowest BCUT2D eigenvalue weighted by molar-refractivity contribution is 0.102. The van der Waals surface area contributed by atoms with Gasteiger partial charge in [0.25, 0.3) is 5.91 Å². The summed E-state index contributed by atoms with van der Waals surface area (Å²) in [5, 5.41) is 6.11. The van der Waals surface area contributed by atoms with Gasteiger partial charge in [-0.25, -0.2) is 4.98 Å². The molecule has 4 nitrogen and oxygen atoms in total. The zero-order chi connectivity index (χ0) is 21.5. The van der Waals surface area contributed by atoms with Gasteiger partial charge in [0.05, 0.1) is 10.0 Å². The predicted molar refractivity (Wildman–Crippen MR) is 126 cm³/mol. The molecule has 0 aliphatic heterocycles. The average molecular weight is 468 g/mol. The van der Waals surface area contributed by atoms with Crippen molar-refractivity contribution in [2.24, 2.45) is 0 Å². The first-order chi connectivity index (χ1) is 15.0. The fourth-order valence-corrected chi connectivity index (χ4v) is 3.95. The van der Waals surface area contributed by atoms with Crippen LogP contribution in [0.25, 0.3) is 33.3 Å². The fraction of sp³-hybridized carbons (Fsp3) is 0. The average Bonchev–Trinajstić information content (AvgIpc) is 3.19. The third kappa shape index (κ3) is 3.74. The molecule has 0 spiro atoms. The lowest BCUT2D eigenvalue weighted by atomic mass is 10.0. The van der Waals surface area contributed by atoms with E-state index in [0.717, 1.165) is 16.3 Å². The molecular formula is C24H13Cl3N2O2. The molecule has 0 radical (unpaired) electrons. The fourth-order valence-electron chi connectivity index (χ4n) is 3.42. The Hall–Kier alpha value is -3.05. The van der Waals surface area contributed by atoms with Crippen molar-refractivity contribution in [1.82, 2.24) is 4.98 Å². The van der Waals surface area contributed by atoms with Gasteiger partial charge in [-0.2, -0.15) is 0 Å². The number of nitrogens with one attached hydrogen (secondary N) is 1. The van der Waals surface area contributed by atoms with Gasteiger partial charge in [-0.3, -0.25) is 4.79 Å². The summed E-state index contributed by atoms with van der Waals surface area (Å²) in [7, 11) is 0. The lowest BCUT2D eigenvalue weighted by Crippen LogP contribution is -2.11. The molecule has 0 saturated heterocycles. The SMILES string of the molecule is O=C(Nc1ccc2oc(-c3cccc4c(Cl)cccc34)nc2c1)c1ccc(Cl)c(Cl)c1. The first-order valence-corrected chi connectivity index (χ1v) is 10.5. The molecule has 0 aliphatic carbocycles. The molecule has 0 bridgehead atoms. The first kappa shape index (κ1) is 19.9. The van der Waals surface area contributed by atoms with E-state index in [1.54, 1.807) is 30.3 Å². The Balaban J connectivity index is 1.49. The molecule has 0 atom stereocenters. The smallest absolute Gasteiger partial charge is 0.255 e. The Kier molecular flexibility index (Phi) is 5.06. The number of aromatic nitrogens is 1. The van der Waals surface area contributed by atoms with E-state index in [4.69, 9.17) is 39.2 Å². The maximum Gasteiger partial charge on any atom is 0.255 e. The number of fused-ring (bicyclic) bond motifs is 2. The zero-order valence-corrected chi connectivity index (χ0v) is 18.1. The van der Waals surface area contributed by atoms with Gasteiger partial charge in [0.2, 0.25) is 5.89 Å². The third-order valence-corrected chi connectivity index (χ3v) is 6.00. The molecule has 5 aromatic rings. The van der Waals surface area contributed by atoms with Crippen LogP contribution in [0.4, 0.5) is 5.69 Å². The molecule has 0 unspecified atom stereocenters. The van der Waals surface area contributed by atoms with Gasteiger partial charge < -0.3 is 9.73 Å². The van der Waals surface area contributed by atoms with E-state index in [-0.39, 0.29) is 5.91 Å². The molecule has 4 aromatic carbocycles. The van der Waals surface area contributed by atoms with E-state index in [9.17, 15) is 4.79 Å². The van der Waals surface area contributed by atoms with Crippen LogP contribution in [0.1, 0.15) is 10.4 Å². The van der Waals surface area contributed by atoms with Crippen molar-refractivity contribution in [3.05, 3.63) is 93.4 Å².